The number of ether oxygens (including phenoxy) is 5. The number of carbonyl (C=O) groups excluding carboxylic acids is 5. The highest BCUT2D eigenvalue weighted by Crippen LogP contribution is 2.39. The predicted molar refractivity (Wildman–Crippen MR) is 123 cm³/mol. The van der Waals surface area contributed by atoms with Gasteiger partial charge in [-0.3, -0.25) is 19.2 Å². The van der Waals surface area contributed by atoms with Crippen molar-refractivity contribution < 1.29 is 52.8 Å². The molecule has 3 rings (SSSR count). The van der Waals surface area contributed by atoms with Crippen LogP contribution in [0.4, 0.5) is 0 Å². The molecule has 1 aliphatic rings. The molecule has 1 aliphatic heterocycles. The summed E-state index contributed by atoms with van der Waals surface area (Å²) in [5.41, 5.74) is -0.155. The largest absolute Gasteiger partial charge is 0.463 e. The van der Waals surface area contributed by atoms with E-state index in [0.717, 1.165) is 26.3 Å². The van der Waals surface area contributed by atoms with Crippen LogP contribution in [-0.2, 0) is 44.0 Å². The summed E-state index contributed by atoms with van der Waals surface area (Å²) in [5, 5.41) is 19.3. The first-order chi connectivity index (χ1) is 17.9. The lowest BCUT2D eigenvalue weighted by atomic mass is 10.0. The molecule has 38 heavy (non-hydrogen) atoms. The second kappa shape index (κ2) is 11.5. The third kappa shape index (κ3) is 5.86. The van der Waals surface area contributed by atoms with Gasteiger partial charge in [0.05, 0.1) is 6.61 Å². The number of aliphatic hydroxyl groups is 1. The molecule has 1 aromatic heterocycles. The fraction of sp³-hybridized carbons (Fsp3) is 0.458. The molecule has 0 aliphatic carbocycles. The molecule has 1 saturated heterocycles. The summed E-state index contributed by atoms with van der Waals surface area (Å²) in [6, 6.07) is 6.27. The van der Waals surface area contributed by atoms with Crippen LogP contribution in [0.5, 0.6) is 0 Å². The van der Waals surface area contributed by atoms with Crippen molar-refractivity contribution in [2.24, 2.45) is 0 Å². The van der Waals surface area contributed by atoms with Gasteiger partial charge in [0, 0.05) is 26.3 Å². The number of esters is 4. The molecule has 1 aromatic carbocycles. The van der Waals surface area contributed by atoms with Crippen molar-refractivity contribution in [2.45, 2.75) is 58.8 Å². The molecule has 0 saturated carbocycles. The number of aryl methyl sites for hydroxylation is 1. The summed E-state index contributed by atoms with van der Waals surface area (Å²) < 4.78 is 26.7. The highest BCUT2D eigenvalue weighted by atomic mass is 16.7. The van der Waals surface area contributed by atoms with Gasteiger partial charge in [-0.2, -0.15) is 4.68 Å². The van der Waals surface area contributed by atoms with Crippen LogP contribution in [0.15, 0.2) is 24.3 Å². The van der Waals surface area contributed by atoms with E-state index in [1.165, 1.54) is 19.1 Å². The van der Waals surface area contributed by atoms with Gasteiger partial charge >= 0.3 is 29.8 Å². The first-order valence-electron chi connectivity index (χ1n) is 11.5. The van der Waals surface area contributed by atoms with E-state index >= 15 is 0 Å². The minimum atomic E-state index is -2.84. The topological polar surface area (TPSA) is 182 Å². The third-order valence-corrected chi connectivity index (χ3v) is 5.38. The Morgan fingerprint density at radius 1 is 1.00 bits per heavy atom. The molecule has 0 amide bonds. The highest BCUT2D eigenvalue weighted by Gasteiger charge is 2.62. The van der Waals surface area contributed by atoms with Gasteiger partial charge in [0.25, 0.3) is 0 Å². The van der Waals surface area contributed by atoms with E-state index in [4.69, 9.17) is 23.7 Å². The minimum Gasteiger partial charge on any atom is -0.463 e. The second-order valence-corrected chi connectivity index (χ2v) is 8.34. The summed E-state index contributed by atoms with van der Waals surface area (Å²) in [7, 11) is 0. The van der Waals surface area contributed by atoms with Gasteiger partial charge in [-0.15, -0.1) is 5.10 Å². The molecule has 1 N–H and O–H groups in total. The zero-order valence-electron chi connectivity index (χ0n) is 21.3. The first-order valence-corrected chi connectivity index (χ1v) is 11.5. The molecule has 4 atom stereocenters. The number of benzene rings is 1. The van der Waals surface area contributed by atoms with Crippen molar-refractivity contribution >= 4 is 29.7 Å². The number of hydrogen-bond acceptors (Lipinski definition) is 13. The lowest BCUT2D eigenvalue weighted by molar-refractivity contribution is -0.298. The average Bonchev–Trinajstić information content (AvgIpc) is 3.39. The lowest BCUT2D eigenvalue weighted by Crippen LogP contribution is -2.50. The van der Waals surface area contributed by atoms with E-state index in [9.17, 15) is 29.1 Å². The molecule has 1 fully saturated rings. The van der Waals surface area contributed by atoms with Crippen LogP contribution in [-0.4, -0.2) is 81.3 Å². The Balaban J connectivity index is 2.21. The molecule has 0 bridgehead atoms. The van der Waals surface area contributed by atoms with Gasteiger partial charge in [0.1, 0.15) is 12.7 Å². The van der Waals surface area contributed by atoms with Gasteiger partial charge in [-0.25, -0.2) is 4.79 Å². The maximum absolute atomic E-state index is 13.6. The normalized spacial score (nSPS) is 22.4. The van der Waals surface area contributed by atoms with Crippen molar-refractivity contribution in [2.75, 3.05) is 13.2 Å². The SMILES string of the molecule is CCOC(=O)c1nnn([C@@]2(O)O[C@H](COC(C)=O)[C@@H](OC(C)=O)[C@H]2OC(C)=O)c1C(=O)c1ccc(C)cc1. The van der Waals surface area contributed by atoms with Crippen LogP contribution in [0.3, 0.4) is 0 Å². The zero-order valence-corrected chi connectivity index (χ0v) is 21.3. The number of carbonyl (C=O) groups is 5. The summed E-state index contributed by atoms with van der Waals surface area (Å²) >= 11 is 0. The standard InChI is InChI=1S/C24H27N3O11/c1-6-34-23(32)18-19(20(31)16-9-7-12(2)8-10-16)27(26-25-18)24(33)22(37-15(5)30)21(36-14(4)29)17(38-24)11-35-13(3)28/h7-10,17,21-22,33H,6,11H2,1-5H3/t17-,21-,22-,24+/m1/s1. The van der Waals surface area contributed by atoms with E-state index in [2.05, 4.69) is 10.3 Å². The molecule has 0 unspecified atom stereocenters. The minimum absolute atomic E-state index is 0.0559. The monoisotopic (exact) mass is 533 g/mol. The molecular weight excluding hydrogens is 506 g/mol. The predicted octanol–water partition coefficient (Wildman–Crippen LogP) is 0.422. The van der Waals surface area contributed by atoms with E-state index in [1.54, 1.807) is 19.1 Å². The Morgan fingerprint density at radius 2 is 1.63 bits per heavy atom. The van der Waals surface area contributed by atoms with Crippen LogP contribution in [0, 0.1) is 6.92 Å². The smallest absolute Gasteiger partial charge is 0.361 e. The summed E-state index contributed by atoms with van der Waals surface area (Å²) in [4.78, 5) is 61.6. The van der Waals surface area contributed by atoms with Gasteiger partial charge in [0.15, 0.2) is 11.8 Å². The van der Waals surface area contributed by atoms with Crippen LogP contribution < -0.4 is 0 Å². The molecule has 14 heteroatoms. The van der Waals surface area contributed by atoms with Crippen molar-refractivity contribution in [3.8, 4) is 0 Å². The zero-order chi connectivity index (χ0) is 28.2. The number of rotatable bonds is 9. The second-order valence-electron chi connectivity index (χ2n) is 8.34. The first kappa shape index (κ1) is 28.4. The van der Waals surface area contributed by atoms with Crippen LogP contribution in [0.1, 0.15) is 59.8 Å². The van der Waals surface area contributed by atoms with Crippen LogP contribution >= 0.6 is 0 Å². The van der Waals surface area contributed by atoms with Crippen molar-refractivity contribution in [3.05, 3.63) is 46.8 Å². The lowest BCUT2D eigenvalue weighted by Gasteiger charge is -2.29. The maximum atomic E-state index is 13.6. The maximum Gasteiger partial charge on any atom is 0.361 e. The Bertz CT molecular complexity index is 1240. The molecule has 2 heterocycles. The quantitative estimate of drug-likeness (QED) is 0.266. The van der Waals surface area contributed by atoms with Crippen LogP contribution in [0.25, 0.3) is 0 Å². The van der Waals surface area contributed by atoms with E-state index < -0.39 is 71.9 Å². The molecule has 0 radical (unpaired) electrons. The summed E-state index contributed by atoms with van der Waals surface area (Å²) in [6.07, 6.45) is -4.72. The molecule has 14 nitrogen and oxygen atoms in total. The summed E-state index contributed by atoms with van der Waals surface area (Å²) in [5.74, 6) is -7.13. The fourth-order valence-corrected chi connectivity index (χ4v) is 3.81. The van der Waals surface area contributed by atoms with E-state index in [1.807, 2.05) is 0 Å². The molecule has 2 aromatic rings. The van der Waals surface area contributed by atoms with Crippen molar-refractivity contribution in [1.82, 2.24) is 15.0 Å². The molecule has 0 spiro atoms. The number of hydrogen-bond donors (Lipinski definition) is 1. The number of aromatic nitrogens is 3. The van der Waals surface area contributed by atoms with Gasteiger partial charge < -0.3 is 28.8 Å². The highest BCUT2D eigenvalue weighted by molar-refractivity contribution is 6.12. The van der Waals surface area contributed by atoms with Crippen molar-refractivity contribution in [3.63, 3.8) is 0 Å². The van der Waals surface area contributed by atoms with Crippen molar-refractivity contribution in [1.29, 1.82) is 0 Å². The Labute approximate surface area is 216 Å². The summed E-state index contributed by atoms with van der Waals surface area (Å²) in [6.45, 7) is 5.96. The third-order valence-electron chi connectivity index (χ3n) is 5.38. The Hall–Kier alpha value is -4.17. The van der Waals surface area contributed by atoms with Gasteiger partial charge in [-0.05, 0) is 13.8 Å². The fourth-order valence-electron chi connectivity index (χ4n) is 3.81. The van der Waals surface area contributed by atoms with E-state index in [0.29, 0.717) is 4.68 Å². The van der Waals surface area contributed by atoms with Gasteiger partial charge in [-0.1, -0.05) is 35.0 Å². The molecular formula is C24H27N3O11. The van der Waals surface area contributed by atoms with E-state index in [-0.39, 0.29) is 12.2 Å². The number of nitrogens with zero attached hydrogens (tertiary/aromatic N) is 3. The average molecular weight is 533 g/mol. The number of ketones is 1. The Morgan fingerprint density at radius 3 is 2.18 bits per heavy atom. The van der Waals surface area contributed by atoms with Crippen LogP contribution in [0.2, 0.25) is 0 Å². The molecule has 204 valence electrons. The van der Waals surface area contributed by atoms with Gasteiger partial charge in [0.2, 0.25) is 17.6 Å². The Kier molecular flexibility index (Phi) is 8.58.